The summed E-state index contributed by atoms with van der Waals surface area (Å²) in [6.07, 6.45) is 2.80. The van der Waals surface area contributed by atoms with Gasteiger partial charge in [0.05, 0.1) is 27.2 Å². The number of nitrogens with zero attached hydrogens (tertiary/aromatic N) is 3. The first-order valence-electron chi connectivity index (χ1n) is 6.67. The maximum Gasteiger partial charge on any atom is 0.278 e. The summed E-state index contributed by atoms with van der Waals surface area (Å²) in [4.78, 5) is 47.6. The van der Waals surface area contributed by atoms with E-state index in [9.17, 15) is 29.8 Å². The lowest BCUT2D eigenvalue weighted by molar-refractivity contribution is -0.394. The summed E-state index contributed by atoms with van der Waals surface area (Å²) in [5.74, 6) is -1.05. The van der Waals surface area contributed by atoms with Crippen molar-refractivity contribution >= 4 is 28.8 Å². The predicted molar refractivity (Wildman–Crippen MR) is 84.0 cm³/mol. The van der Waals surface area contributed by atoms with Crippen molar-refractivity contribution in [2.24, 2.45) is 4.99 Å². The first-order valence-corrected chi connectivity index (χ1v) is 6.67. The van der Waals surface area contributed by atoms with E-state index < -0.39 is 27.1 Å². The van der Waals surface area contributed by atoms with Gasteiger partial charge in [-0.1, -0.05) is 0 Å². The van der Waals surface area contributed by atoms with Crippen molar-refractivity contribution in [1.82, 2.24) is 0 Å². The normalized spacial score (nSPS) is 13.9. The highest BCUT2D eigenvalue weighted by molar-refractivity contribution is 6.23. The molecule has 1 aliphatic carbocycles. The van der Waals surface area contributed by atoms with E-state index in [4.69, 9.17) is 0 Å². The summed E-state index contributed by atoms with van der Waals surface area (Å²) in [6.45, 7) is 3.13. The van der Waals surface area contributed by atoms with Crippen molar-refractivity contribution in [1.29, 1.82) is 0 Å². The van der Waals surface area contributed by atoms with E-state index in [2.05, 4.69) is 4.99 Å². The van der Waals surface area contributed by atoms with Crippen LogP contribution in [0.2, 0.25) is 0 Å². The Bertz CT molecular complexity index is 823. The molecule has 1 aliphatic rings. The number of benzene rings is 1. The summed E-state index contributed by atoms with van der Waals surface area (Å²) < 4.78 is 0. The monoisotopic (exact) mass is 329 g/mol. The second-order valence-corrected chi connectivity index (χ2v) is 5.08. The molecule has 0 heterocycles. The summed E-state index contributed by atoms with van der Waals surface area (Å²) >= 11 is 0. The van der Waals surface area contributed by atoms with Crippen molar-refractivity contribution in [3.8, 4) is 0 Å². The molecule has 9 nitrogen and oxygen atoms in total. The number of ketones is 1. The molecule has 0 spiro atoms. The molecule has 0 aliphatic heterocycles. The van der Waals surface area contributed by atoms with E-state index in [-0.39, 0.29) is 17.1 Å². The smallest absolute Gasteiger partial charge is 0.278 e. The molecule has 0 atom stereocenters. The van der Waals surface area contributed by atoms with E-state index in [1.54, 1.807) is 13.8 Å². The Morgan fingerprint density at radius 3 is 1.83 bits per heavy atom. The Morgan fingerprint density at radius 2 is 1.42 bits per heavy atom. The number of nitro groups is 2. The summed E-state index contributed by atoms with van der Waals surface area (Å²) in [5.41, 5.74) is -0.450. The van der Waals surface area contributed by atoms with Crippen LogP contribution in [-0.2, 0) is 4.79 Å². The van der Waals surface area contributed by atoms with Crippen LogP contribution >= 0.6 is 0 Å². The molecule has 0 saturated carbocycles. The molecule has 0 fully saturated rings. The molecule has 1 aromatic carbocycles. The zero-order valence-electron chi connectivity index (χ0n) is 12.7. The number of hydrogen-bond acceptors (Lipinski definition) is 6. The fraction of sp³-hybridized carbons (Fsp3) is 0.133. The maximum absolute atomic E-state index is 12.2. The molecule has 1 aromatic rings. The van der Waals surface area contributed by atoms with Gasteiger partial charge in [-0.25, -0.2) is 4.99 Å². The van der Waals surface area contributed by atoms with Crippen LogP contribution in [0.5, 0.6) is 0 Å². The highest BCUT2D eigenvalue weighted by Gasteiger charge is 2.20. The number of nitro benzene ring substituents is 2. The number of non-ortho nitro benzene ring substituents is 2. The number of carbonyl (C=O) groups excluding carboxylic acids is 2. The highest BCUT2D eigenvalue weighted by atomic mass is 16.6. The molecule has 0 bridgehead atoms. The summed E-state index contributed by atoms with van der Waals surface area (Å²) in [5, 5.41) is 21.7. The highest BCUT2D eigenvalue weighted by Crippen LogP contribution is 2.23. The first-order chi connectivity index (χ1) is 11.2. The molecule has 0 saturated heterocycles. The second-order valence-electron chi connectivity index (χ2n) is 5.08. The fourth-order valence-electron chi connectivity index (χ4n) is 2.10. The minimum atomic E-state index is -0.876. The van der Waals surface area contributed by atoms with Gasteiger partial charge in [0, 0.05) is 12.1 Å². The lowest BCUT2D eigenvalue weighted by Gasteiger charge is -2.08. The molecule has 2 rings (SSSR count). The Morgan fingerprint density at radius 1 is 0.958 bits per heavy atom. The van der Waals surface area contributed by atoms with E-state index in [1.807, 2.05) is 0 Å². The van der Waals surface area contributed by atoms with Crippen LogP contribution in [0.3, 0.4) is 0 Å². The number of aliphatic imine (C=N–C) groups is 1. The topological polar surface area (TPSA) is 133 Å². The van der Waals surface area contributed by atoms with Crippen LogP contribution in [0.1, 0.15) is 24.2 Å². The Labute approximate surface area is 135 Å². The van der Waals surface area contributed by atoms with Gasteiger partial charge < -0.3 is 0 Å². The molecule has 24 heavy (non-hydrogen) atoms. The van der Waals surface area contributed by atoms with Crippen LogP contribution in [0.4, 0.5) is 11.4 Å². The van der Waals surface area contributed by atoms with Crippen molar-refractivity contribution in [3.63, 3.8) is 0 Å². The first kappa shape index (κ1) is 16.9. The van der Waals surface area contributed by atoms with Crippen molar-refractivity contribution in [2.75, 3.05) is 0 Å². The third-order valence-corrected chi connectivity index (χ3v) is 3.25. The SMILES string of the molecule is CC1=CC(=NC(=O)c2cc([N+](=O)[O-])cc([N+](=O)[O-])c2)C=C(C)C1=O. The third kappa shape index (κ3) is 3.46. The average Bonchev–Trinajstić information content (AvgIpc) is 2.51. The number of carbonyl (C=O) groups is 2. The van der Waals surface area contributed by atoms with Gasteiger partial charge in [-0.15, -0.1) is 0 Å². The van der Waals surface area contributed by atoms with Crippen molar-refractivity contribution in [2.45, 2.75) is 13.8 Å². The number of allylic oxidation sites excluding steroid dienone is 4. The van der Waals surface area contributed by atoms with Gasteiger partial charge in [-0.05, 0) is 37.1 Å². The standard InChI is InChI=1S/C15H11N3O6/c1-8-3-11(4-9(2)14(8)19)16-15(20)10-5-12(17(21)22)7-13(6-10)18(23)24/h3-7H,1-2H3. The molecule has 122 valence electrons. The van der Waals surface area contributed by atoms with Gasteiger partial charge >= 0.3 is 0 Å². The van der Waals surface area contributed by atoms with Gasteiger partial charge in [0.25, 0.3) is 17.3 Å². The minimum absolute atomic E-state index is 0.174. The number of rotatable bonds is 3. The molecule has 0 N–H and O–H groups in total. The third-order valence-electron chi connectivity index (χ3n) is 3.25. The second kappa shape index (κ2) is 6.32. The molecule has 1 amide bonds. The number of hydrogen-bond donors (Lipinski definition) is 0. The van der Waals surface area contributed by atoms with Crippen LogP contribution in [0.25, 0.3) is 0 Å². The lowest BCUT2D eigenvalue weighted by atomic mass is 9.98. The Kier molecular flexibility index (Phi) is 4.45. The molecular formula is C15H11N3O6. The predicted octanol–water partition coefficient (Wildman–Crippen LogP) is 2.56. The zero-order valence-corrected chi connectivity index (χ0v) is 12.7. The summed E-state index contributed by atoms with van der Waals surface area (Å²) in [6, 6.07) is 2.60. The van der Waals surface area contributed by atoms with Gasteiger partial charge in [-0.3, -0.25) is 29.8 Å². The van der Waals surface area contributed by atoms with Crippen LogP contribution < -0.4 is 0 Å². The van der Waals surface area contributed by atoms with E-state index in [1.165, 1.54) is 12.2 Å². The van der Waals surface area contributed by atoms with Crippen LogP contribution in [-0.4, -0.2) is 27.2 Å². The van der Waals surface area contributed by atoms with Gasteiger partial charge in [0.15, 0.2) is 5.78 Å². The van der Waals surface area contributed by atoms with Crippen LogP contribution in [0.15, 0.2) is 46.5 Å². The van der Waals surface area contributed by atoms with E-state index >= 15 is 0 Å². The molecule has 9 heteroatoms. The van der Waals surface area contributed by atoms with Crippen LogP contribution in [0, 0.1) is 20.2 Å². The number of Topliss-reactive ketones (excluding diaryl/α,β-unsaturated/α-hetero) is 1. The van der Waals surface area contributed by atoms with Gasteiger partial charge in [0.2, 0.25) is 0 Å². The van der Waals surface area contributed by atoms with E-state index in [0.717, 1.165) is 18.2 Å². The molecule has 0 aromatic heterocycles. The average molecular weight is 329 g/mol. The fourth-order valence-corrected chi connectivity index (χ4v) is 2.10. The molecule has 0 radical (unpaired) electrons. The largest absolute Gasteiger partial charge is 0.289 e. The van der Waals surface area contributed by atoms with Crippen molar-refractivity contribution < 1.29 is 19.4 Å². The molecule has 0 unspecified atom stereocenters. The number of amides is 1. The Balaban J connectivity index is 2.47. The maximum atomic E-state index is 12.2. The van der Waals surface area contributed by atoms with Crippen molar-refractivity contribution in [3.05, 3.63) is 67.3 Å². The van der Waals surface area contributed by atoms with E-state index in [0.29, 0.717) is 11.1 Å². The molecular weight excluding hydrogens is 318 g/mol. The minimum Gasteiger partial charge on any atom is -0.289 e. The Hall–Kier alpha value is -3.49. The van der Waals surface area contributed by atoms with Gasteiger partial charge in [-0.2, -0.15) is 0 Å². The zero-order chi connectivity index (χ0) is 18.0. The lowest BCUT2D eigenvalue weighted by Crippen LogP contribution is -2.12. The quantitative estimate of drug-likeness (QED) is 0.475. The summed E-state index contributed by atoms with van der Waals surface area (Å²) in [7, 11) is 0. The van der Waals surface area contributed by atoms with Gasteiger partial charge in [0.1, 0.15) is 0 Å².